The van der Waals surface area contributed by atoms with E-state index in [0.29, 0.717) is 19.3 Å². The average Bonchev–Trinajstić information content (AvgIpc) is 3.27. The van der Waals surface area contributed by atoms with Crippen LogP contribution in [0.15, 0.2) is 18.2 Å². The maximum absolute atomic E-state index is 11.6. The summed E-state index contributed by atoms with van der Waals surface area (Å²) in [5, 5.41) is 20.6. The molecular weight excluding hydrogens is 280 g/mol. The summed E-state index contributed by atoms with van der Waals surface area (Å²) in [7, 11) is 1.60. The Morgan fingerprint density at radius 1 is 1.23 bits per heavy atom. The van der Waals surface area contributed by atoms with Crippen molar-refractivity contribution in [3.8, 4) is 0 Å². The topological polar surface area (TPSA) is 66.8 Å². The summed E-state index contributed by atoms with van der Waals surface area (Å²) in [6.45, 7) is 0.253. The van der Waals surface area contributed by atoms with E-state index in [2.05, 4.69) is 0 Å². The summed E-state index contributed by atoms with van der Waals surface area (Å²) in [6.07, 6.45) is 6.14. The number of hydrogen-bond donors (Lipinski definition) is 2. The zero-order chi connectivity index (χ0) is 15.8. The van der Waals surface area contributed by atoms with Gasteiger partial charge in [-0.25, -0.2) is 0 Å². The van der Waals surface area contributed by atoms with Crippen molar-refractivity contribution in [2.45, 2.75) is 56.0 Å². The number of benzene rings is 1. The molecule has 120 valence electrons. The molecule has 1 aromatic carbocycles. The highest BCUT2D eigenvalue weighted by Gasteiger charge is 2.52. The molecule has 2 aliphatic rings. The number of carboxylic acids is 1. The maximum atomic E-state index is 11.6. The molecule has 1 fully saturated rings. The third-order valence-electron chi connectivity index (χ3n) is 5.24. The van der Waals surface area contributed by atoms with Crippen molar-refractivity contribution in [1.82, 2.24) is 0 Å². The van der Waals surface area contributed by atoms with Gasteiger partial charge in [0, 0.05) is 7.11 Å². The lowest BCUT2D eigenvalue weighted by atomic mass is 9.79. The first-order valence-electron chi connectivity index (χ1n) is 8.10. The second-order valence-electron chi connectivity index (χ2n) is 6.78. The lowest BCUT2D eigenvalue weighted by molar-refractivity contribution is -0.140. The largest absolute Gasteiger partial charge is 0.481 e. The first-order chi connectivity index (χ1) is 10.5. The van der Waals surface area contributed by atoms with Crippen molar-refractivity contribution in [2.24, 2.45) is 0 Å². The number of aliphatic hydroxyl groups is 1. The third-order valence-corrected chi connectivity index (χ3v) is 5.24. The minimum Gasteiger partial charge on any atom is -0.481 e. The van der Waals surface area contributed by atoms with Crippen LogP contribution < -0.4 is 0 Å². The second-order valence-corrected chi connectivity index (χ2v) is 6.78. The van der Waals surface area contributed by atoms with Crippen molar-refractivity contribution in [3.05, 3.63) is 34.9 Å². The normalized spacial score (nSPS) is 26.6. The highest BCUT2D eigenvalue weighted by Crippen LogP contribution is 2.49. The maximum Gasteiger partial charge on any atom is 0.314 e. The smallest absolute Gasteiger partial charge is 0.314 e. The Balaban J connectivity index is 2.06. The van der Waals surface area contributed by atoms with Gasteiger partial charge in [0.2, 0.25) is 0 Å². The van der Waals surface area contributed by atoms with E-state index in [9.17, 15) is 15.0 Å². The van der Waals surface area contributed by atoms with Crippen molar-refractivity contribution in [3.63, 3.8) is 0 Å². The molecular formula is C18H24O4. The van der Waals surface area contributed by atoms with E-state index in [4.69, 9.17) is 4.74 Å². The molecule has 22 heavy (non-hydrogen) atoms. The molecule has 0 saturated heterocycles. The Kier molecular flexibility index (Phi) is 4.00. The highest BCUT2D eigenvalue weighted by atomic mass is 16.5. The summed E-state index contributed by atoms with van der Waals surface area (Å²) >= 11 is 0. The molecule has 0 spiro atoms. The Bertz CT molecular complexity index is 576. The van der Waals surface area contributed by atoms with Crippen LogP contribution in [0.2, 0.25) is 0 Å². The Labute approximate surface area is 131 Å². The standard InChI is InChI=1S/C18H24O4/c1-22-12-18(21)8-4-2-3-5-13-6-7-14(11-15(13)18)17(9-10-17)16(19)20/h6-7,11,21H,2-5,8-10,12H2,1H3,(H,19,20). The van der Waals surface area contributed by atoms with Gasteiger partial charge in [-0.15, -0.1) is 0 Å². The summed E-state index contributed by atoms with van der Waals surface area (Å²) in [4.78, 5) is 11.6. The lowest BCUT2D eigenvalue weighted by Crippen LogP contribution is -2.34. The minimum atomic E-state index is -1.00. The molecule has 1 saturated carbocycles. The molecule has 2 aliphatic carbocycles. The molecule has 0 aromatic heterocycles. The molecule has 0 amide bonds. The van der Waals surface area contributed by atoms with Crippen LogP contribution in [0.1, 0.15) is 55.2 Å². The predicted octanol–water partition coefficient (Wildman–Crippen LogP) is 2.75. The molecule has 3 rings (SSSR count). The number of hydrogen-bond acceptors (Lipinski definition) is 3. The molecule has 4 nitrogen and oxygen atoms in total. The SMILES string of the molecule is COCC1(O)CCCCCc2ccc(C3(C(=O)O)CC3)cc21. The molecule has 0 radical (unpaired) electrons. The first-order valence-corrected chi connectivity index (χ1v) is 8.10. The number of carboxylic acid groups (broad SMARTS) is 1. The van der Waals surface area contributed by atoms with E-state index in [1.165, 1.54) is 0 Å². The van der Waals surface area contributed by atoms with E-state index in [1.807, 2.05) is 18.2 Å². The zero-order valence-electron chi connectivity index (χ0n) is 13.1. The lowest BCUT2D eigenvalue weighted by Gasteiger charge is -2.32. The van der Waals surface area contributed by atoms with Crippen LogP contribution in [0.5, 0.6) is 0 Å². The van der Waals surface area contributed by atoms with Crippen molar-refractivity contribution in [2.75, 3.05) is 13.7 Å². The fourth-order valence-corrected chi connectivity index (χ4v) is 3.71. The summed E-state index contributed by atoms with van der Waals surface area (Å²) in [5.74, 6) is -0.756. The Morgan fingerprint density at radius 3 is 2.64 bits per heavy atom. The van der Waals surface area contributed by atoms with E-state index < -0.39 is 17.0 Å². The molecule has 0 bridgehead atoms. The van der Waals surface area contributed by atoms with Crippen molar-refractivity contribution >= 4 is 5.97 Å². The fourth-order valence-electron chi connectivity index (χ4n) is 3.71. The van der Waals surface area contributed by atoms with Crippen LogP contribution in [0.4, 0.5) is 0 Å². The van der Waals surface area contributed by atoms with E-state index in [-0.39, 0.29) is 6.61 Å². The van der Waals surface area contributed by atoms with Crippen LogP contribution in [0.25, 0.3) is 0 Å². The van der Waals surface area contributed by atoms with Crippen LogP contribution in [-0.2, 0) is 27.0 Å². The van der Waals surface area contributed by atoms with Crippen molar-refractivity contribution < 1.29 is 19.7 Å². The average molecular weight is 304 g/mol. The van der Waals surface area contributed by atoms with E-state index in [0.717, 1.165) is 42.4 Å². The van der Waals surface area contributed by atoms with E-state index in [1.54, 1.807) is 7.11 Å². The molecule has 1 atom stereocenters. The van der Waals surface area contributed by atoms with Crippen LogP contribution >= 0.6 is 0 Å². The van der Waals surface area contributed by atoms with Gasteiger partial charge in [-0.3, -0.25) is 4.79 Å². The van der Waals surface area contributed by atoms with Gasteiger partial charge in [-0.1, -0.05) is 31.0 Å². The van der Waals surface area contributed by atoms with Gasteiger partial charge in [0.1, 0.15) is 5.60 Å². The number of carbonyl (C=O) groups is 1. The predicted molar refractivity (Wildman–Crippen MR) is 82.9 cm³/mol. The Morgan fingerprint density at radius 2 is 2.00 bits per heavy atom. The molecule has 1 unspecified atom stereocenters. The van der Waals surface area contributed by atoms with Gasteiger partial charge >= 0.3 is 5.97 Å². The van der Waals surface area contributed by atoms with Gasteiger partial charge in [-0.2, -0.15) is 0 Å². The molecule has 0 aliphatic heterocycles. The molecule has 4 heteroatoms. The van der Waals surface area contributed by atoms with E-state index >= 15 is 0 Å². The number of methoxy groups -OCH3 is 1. The van der Waals surface area contributed by atoms with Crippen LogP contribution in [-0.4, -0.2) is 29.9 Å². The number of aryl methyl sites for hydroxylation is 1. The number of fused-ring (bicyclic) bond motifs is 1. The molecule has 0 heterocycles. The molecule has 1 aromatic rings. The van der Waals surface area contributed by atoms with Gasteiger partial charge in [-0.05, 0) is 48.8 Å². The number of rotatable bonds is 4. The van der Waals surface area contributed by atoms with Gasteiger partial charge in [0.25, 0.3) is 0 Å². The minimum absolute atomic E-state index is 0.253. The first kappa shape index (κ1) is 15.5. The molecule has 2 N–H and O–H groups in total. The summed E-state index contributed by atoms with van der Waals surface area (Å²) in [6, 6.07) is 5.88. The number of aliphatic carboxylic acids is 1. The van der Waals surface area contributed by atoms with Gasteiger partial charge in [0.05, 0.1) is 12.0 Å². The second kappa shape index (κ2) is 5.67. The van der Waals surface area contributed by atoms with Crippen molar-refractivity contribution in [1.29, 1.82) is 0 Å². The quantitative estimate of drug-likeness (QED) is 0.897. The monoisotopic (exact) mass is 304 g/mol. The highest BCUT2D eigenvalue weighted by molar-refractivity contribution is 5.85. The van der Waals surface area contributed by atoms with Crippen LogP contribution in [0.3, 0.4) is 0 Å². The summed E-state index contributed by atoms with van der Waals surface area (Å²) < 4.78 is 5.26. The van der Waals surface area contributed by atoms with Gasteiger partial charge < -0.3 is 14.9 Å². The fraction of sp³-hybridized carbons (Fsp3) is 0.611. The van der Waals surface area contributed by atoms with Gasteiger partial charge in [0.15, 0.2) is 0 Å². The Hall–Kier alpha value is -1.39. The van der Waals surface area contributed by atoms with Crippen LogP contribution in [0, 0.1) is 0 Å². The summed E-state index contributed by atoms with van der Waals surface area (Å²) in [5.41, 5.74) is 1.10. The number of ether oxygens (including phenoxy) is 1. The third kappa shape index (κ3) is 2.55. The zero-order valence-corrected chi connectivity index (χ0v) is 13.1.